The lowest BCUT2D eigenvalue weighted by Gasteiger charge is -2.15. The number of hydrogen-bond donors (Lipinski definition) is 0. The van der Waals surface area contributed by atoms with E-state index in [0.717, 1.165) is 6.54 Å². The summed E-state index contributed by atoms with van der Waals surface area (Å²) in [5.41, 5.74) is 4.38. The zero-order valence-corrected chi connectivity index (χ0v) is 9.14. The zero-order valence-electron chi connectivity index (χ0n) is 9.14. The van der Waals surface area contributed by atoms with Crippen molar-refractivity contribution < 1.29 is 0 Å². The van der Waals surface area contributed by atoms with Crippen LogP contribution in [0.5, 0.6) is 0 Å². The molecule has 0 atom stereocenters. The van der Waals surface area contributed by atoms with Crippen LogP contribution in [0.2, 0.25) is 0 Å². The molecule has 1 heteroatoms. The first kappa shape index (κ1) is 8.85. The average molecular weight is 197 g/mol. The van der Waals surface area contributed by atoms with Gasteiger partial charge in [-0.15, -0.1) is 0 Å². The summed E-state index contributed by atoms with van der Waals surface area (Å²) in [7, 11) is 0. The van der Waals surface area contributed by atoms with Crippen molar-refractivity contribution in [3.63, 3.8) is 0 Å². The fourth-order valence-corrected chi connectivity index (χ4v) is 2.53. The third-order valence-corrected chi connectivity index (χ3v) is 3.39. The topological polar surface area (TPSA) is 4.93 Å². The molecule has 0 saturated heterocycles. The number of fused-ring (bicyclic) bond motifs is 2. The van der Waals surface area contributed by atoms with Gasteiger partial charge in [-0.2, -0.15) is 0 Å². The number of aryl methyl sites for hydroxylation is 3. The standard InChI is InChI=1S/C14H15N/c1-2-15-8-7-13-9-11-5-3-4-6-12(11)10-14(13)15/h9-10H,2-6H2,1H3. The molecule has 1 aliphatic carbocycles. The minimum Gasteiger partial charge on any atom is -0.300 e. The van der Waals surface area contributed by atoms with Crippen LogP contribution >= 0.6 is 0 Å². The summed E-state index contributed by atoms with van der Waals surface area (Å²) in [6.45, 7) is 3.14. The maximum Gasteiger partial charge on any atom is 0.0649 e. The van der Waals surface area contributed by atoms with E-state index in [9.17, 15) is 0 Å². The van der Waals surface area contributed by atoms with Gasteiger partial charge in [-0.1, -0.05) is 0 Å². The van der Waals surface area contributed by atoms with Gasteiger partial charge in [0.25, 0.3) is 0 Å². The molecule has 1 nitrogen and oxygen atoms in total. The molecule has 0 amide bonds. The number of nitrogens with zero attached hydrogens (tertiary/aromatic N) is 1. The maximum atomic E-state index is 3.23. The highest BCUT2D eigenvalue weighted by Crippen LogP contribution is 2.25. The number of hydrogen-bond acceptors (Lipinski definition) is 0. The Bertz CT molecular complexity index is 493. The smallest absolute Gasteiger partial charge is 0.0649 e. The van der Waals surface area contributed by atoms with Crippen molar-refractivity contribution in [1.29, 1.82) is 0 Å². The molecule has 0 unspecified atom stereocenters. The first-order valence-electron chi connectivity index (χ1n) is 5.83. The summed E-state index contributed by atoms with van der Waals surface area (Å²) >= 11 is 0. The van der Waals surface area contributed by atoms with Crippen LogP contribution in [0.4, 0.5) is 0 Å². The summed E-state index contributed by atoms with van der Waals surface area (Å²) in [5.74, 6) is 0. The molecule has 1 aromatic carbocycles. The highest BCUT2D eigenvalue weighted by molar-refractivity contribution is 5.80. The van der Waals surface area contributed by atoms with E-state index < -0.39 is 0 Å². The number of aromatic nitrogens is 1. The Morgan fingerprint density at radius 1 is 1.20 bits per heavy atom. The van der Waals surface area contributed by atoms with Crippen LogP contribution < -0.4 is 0 Å². The third kappa shape index (κ3) is 1.33. The first-order valence-corrected chi connectivity index (χ1v) is 5.83. The highest BCUT2D eigenvalue weighted by Gasteiger charge is 2.11. The van der Waals surface area contributed by atoms with Crippen molar-refractivity contribution in [3.05, 3.63) is 35.5 Å². The van der Waals surface area contributed by atoms with Gasteiger partial charge in [0, 0.05) is 12.7 Å². The summed E-state index contributed by atoms with van der Waals surface area (Å²) in [6, 6.07) is 7.89. The number of rotatable bonds is 1. The predicted molar refractivity (Wildman–Crippen MR) is 61.9 cm³/mol. The van der Waals surface area contributed by atoms with E-state index in [4.69, 9.17) is 0 Å². The van der Waals surface area contributed by atoms with Crippen molar-refractivity contribution in [2.75, 3.05) is 0 Å². The Kier molecular flexibility index (Phi) is 1.95. The minimum atomic E-state index is 0.985. The summed E-state index contributed by atoms with van der Waals surface area (Å²) in [6.07, 6.45) is 8.36. The van der Waals surface area contributed by atoms with Crippen LogP contribution in [0.25, 0.3) is 10.9 Å². The van der Waals surface area contributed by atoms with Gasteiger partial charge in [0.15, 0.2) is 0 Å². The van der Waals surface area contributed by atoms with Gasteiger partial charge in [0.05, 0.1) is 10.9 Å². The summed E-state index contributed by atoms with van der Waals surface area (Å²) in [4.78, 5) is 0. The highest BCUT2D eigenvalue weighted by atomic mass is 14.9. The lowest BCUT2D eigenvalue weighted by atomic mass is 9.91. The van der Waals surface area contributed by atoms with Gasteiger partial charge in [-0.05, 0) is 61.9 Å². The van der Waals surface area contributed by atoms with Crippen molar-refractivity contribution in [2.45, 2.75) is 39.2 Å². The molecule has 0 spiro atoms. The molecule has 1 heterocycles. The molecule has 1 aromatic heterocycles. The predicted octanol–water partition coefficient (Wildman–Crippen LogP) is 3.14. The fourth-order valence-electron chi connectivity index (χ4n) is 2.53. The molecule has 0 fully saturated rings. The molecule has 0 aliphatic heterocycles. The van der Waals surface area contributed by atoms with Gasteiger partial charge in [0.1, 0.15) is 0 Å². The quantitative estimate of drug-likeness (QED) is 0.662. The second-order valence-electron chi connectivity index (χ2n) is 4.33. The lowest BCUT2D eigenvalue weighted by Crippen LogP contribution is -2.03. The van der Waals surface area contributed by atoms with E-state index in [1.807, 2.05) is 0 Å². The first-order chi connectivity index (χ1) is 7.38. The molecular formula is C14H15N. The molecule has 3 rings (SSSR count). The zero-order chi connectivity index (χ0) is 10.3. The Morgan fingerprint density at radius 3 is 2.67 bits per heavy atom. The molecule has 15 heavy (non-hydrogen) atoms. The van der Waals surface area contributed by atoms with E-state index in [0.29, 0.717) is 0 Å². The molecule has 0 bridgehead atoms. The van der Waals surface area contributed by atoms with Crippen LogP contribution in [0.1, 0.15) is 30.9 Å². The van der Waals surface area contributed by atoms with Gasteiger partial charge in [-0.25, -0.2) is 0 Å². The van der Waals surface area contributed by atoms with Gasteiger partial charge < -0.3 is 4.57 Å². The minimum absolute atomic E-state index is 0.985. The van der Waals surface area contributed by atoms with Crippen LogP contribution in [0.3, 0.4) is 0 Å². The Labute approximate surface area is 90.7 Å². The Morgan fingerprint density at radius 2 is 1.93 bits per heavy atom. The molecule has 0 N–H and O–H groups in total. The van der Waals surface area contributed by atoms with E-state index in [1.165, 1.54) is 42.1 Å². The number of benzene rings is 1. The molecular weight excluding hydrogens is 182 g/mol. The Balaban J connectivity index is 2.23. The van der Waals surface area contributed by atoms with Gasteiger partial charge in [-0.3, -0.25) is 0 Å². The lowest BCUT2D eigenvalue weighted by molar-refractivity contribution is 0.686. The van der Waals surface area contributed by atoms with Crippen LogP contribution in [-0.4, -0.2) is 4.57 Å². The fraction of sp³-hybridized carbons (Fsp3) is 0.429. The third-order valence-electron chi connectivity index (χ3n) is 3.39. The van der Waals surface area contributed by atoms with E-state index >= 15 is 0 Å². The van der Waals surface area contributed by atoms with Crippen molar-refractivity contribution in [1.82, 2.24) is 4.57 Å². The maximum absolute atomic E-state index is 3.23. The van der Waals surface area contributed by atoms with Crippen LogP contribution in [0.15, 0.2) is 12.1 Å². The van der Waals surface area contributed by atoms with E-state index in [1.54, 1.807) is 5.56 Å². The van der Waals surface area contributed by atoms with Crippen molar-refractivity contribution in [2.24, 2.45) is 0 Å². The molecule has 0 saturated carbocycles. The van der Waals surface area contributed by atoms with E-state index in [2.05, 4.69) is 35.9 Å². The second-order valence-corrected chi connectivity index (χ2v) is 4.33. The second kappa shape index (κ2) is 3.31. The average Bonchev–Trinajstić information content (AvgIpc) is 2.68. The van der Waals surface area contributed by atoms with Crippen molar-refractivity contribution >= 4 is 10.9 Å². The van der Waals surface area contributed by atoms with Crippen LogP contribution in [-0.2, 0) is 19.4 Å². The van der Waals surface area contributed by atoms with E-state index in [-0.39, 0.29) is 0 Å². The largest absolute Gasteiger partial charge is 0.300 e. The molecule has 2 aromatic rings. The van der Waals surface area contributed by atoms with Gasteiger partial charge in [0.2, 0.25) is 0 Å². The molecule has 1 aliphatic rings. The summed E-state index contributed by atoms with van der Waals surface area (Å²) < 4.78 is 2.16. The summed E-state index contributed by atoms with van der Waals surface area (Å²) in [5, 5.41) is 1.23. The van der Waals surface area contributed by atoms with Crippen LogP contribution in [0, 0.1) is 12.3 Å². The van der Waals surface area contributed by atoms with Crippen molar-refractivity contribution in [3.8, 4) is 0 Å². The van der Waals surface area contributed by atoms with Gasteiger partial charge >= 0.3 is 0 Å². The Hall–Kier alpha value is -1.42. The molecule has 0 radical (unpaired) electrons. The normalized spacial score (nSPS) is 15.0. The SMILES string of the molecule is CCn1c#cc2cc3c(cc21)CCCC3. The monoisotopic (exact) mass is 197 g/mol. The molecule has 76 valence electrons.